The van der Waals surface area contributed by atoms with E-state index in [1.54, 1.807) is 18.3 Å². The number of nitrogens with zero attached hydrogens (tertiary/aromatic N) is 2. The van der Waals surface area contributed by atoms with Crippen LogP contribution < -0.4 is 10.6 Å². The topological polar surface area (TPSA) is 42.2 Å². The molecule has 2 rings (SSSR count). The van der Waals surface area contributed by atoms with E-state index in [0.29, 0.717) is 12.2 Å². The summed E-state index contributed by atoms with van der Waals surface area (Å²) in [6.45, 7) is 2.66. The maximum atomic E-state index is 13.3. The molecule has 1 aromatic carbocycles. The Kier molecular flexibility index (Phi) is 3.81. The molecule has 5 heteroatoms. The molecule has 18 heavy (non-hydrogen) atoms. The highest BCUT2D eigenvalue weighted by Crippen LogP contribution is 2.31. The van der Waals surface area contributed by atoms with Gasteiger partial charge in [-0.1, -0.05) is 6.07 Å². The first-order chi connectivity index (χ1) is 8.61. The summed E-state index contributed by atoms with van der Waals surface area (Å²) < 4.78 is 14.1. The average Bonchev–Trinajstić information content (AvgIpc) is 2.33. The van der Waals surface area contributed by atoms with Crippen molar-refractivity contribution in [3.63, 3.8) is 0 Å². The fourth-order valence-electron chi connectivity index (χ4n) is 1.74. The maximum absolute atomic E-state index is 13.3. The van der Waals surface area contributed by atoms with Gasteiger partial charge in [-0.15, -0.1) is 0 Å². The van der Waals surface area contributed by atoms with E-state index in [9.17, 15) is 4.39 Å². The summed E-state index contributed by atoms with van der Waals surface area (Å²) in [5, 5.41) is 0. The Morgan fingerprint density at radius 1 is 1.39 bits per heavy atom. The van der Waals surface area contributed by atoms with E-state index >= 15 is 0 Å². The van der Waals surface area contributed by atoms with Crippen LogP contribution in [0, 0.1) is 5.82 Å². The van der Waals surface area contributed by atoms with Crippen molar-refractivity contribution in [3.8, 4) is 0 Å². The van der Waals surface area contributed by atoms with Crippen LogP contribution in [0.15, 0.2) is 41.0 Å². The van der Waals surface area contributed by atoms with Crippen molar-refractivity contribution in [2.45, 2.75) is 6.92 Å². The molecule has 0 unspecified atom stereocenters. The minimum absolute atomic E-state index is 0.266. The highest BCUT2D eigenvalue weighted by molar-refractivity contribution is 9.10. The van der Waals surface area contributed by atoms with Crippen LogP contribution in [0.1, 0.15) is 6.92 Å². The first kappa shape index (κ1) is 12.8. The van der Waals surface area contributed by atoms with Crippen molar-refractivity contribution in [2.75, 3.05) is 17.2 Å². The van der Waals surface area contributed by atoms with Gasteiger partial charge in [0.1, 0.15) is 11.6 Å². The van der Waals surface area contributed by atoms with Crippen LogP contribution >= 0.6 is 15.9 Å². The molecule has 2 aromatic rings. The summed E-state index contributed by atoms with van der Waals surface area (Å²) >= 11 is 3.43. The summed E-state index contributed by atoms with van der Waals surface area (Å²) in [6.07, 6.45) is 1.59. The molecular formula is C13H13BrFN3. The van der Waals surface area contributed by atoms with Crippen LogP contribution in [-0.2, 0) is 0 Å². The van der Waals surface area contributed by atoms with Crippen LogP contribution in [-0.4, -0.2) is 11.5 Å². The molecule has 2 N–H and O–H groups in total. The van der Waals surface area contributed by atoms with Gasteiger partial charge in [0, 0.05) is 12.2 Å². The van der Waals surface area contributed by atoms with Crippen molar-refractivity contribution in [1.82, 2.24) is 4.98 Å². The molecule has 0 saturated carbocycles. The van der Waals surface area contributed by atoms with Gasteiger partial charge in [-0.05, 0) is 47.1 Å². The van der Waals surface area contributed by atoms with E-state index in [0.717, 1.165) is 16.0 Å². The smallest absolute Gasteiger partial charge is 0.147 e. The molecule has 0 fully saturated rings. The molecule has 3 nitrogen and oxygen atoms in total. The molecule has 0 spiro atoms. The zero-order valence-corrected chi connectivity index (χ0v) is 11.5. The molecule has 0 aliphatic rings. The first-order valence-corrected chi connectivity index (χ1v) is 6.35. The Morgan fingerprint density at radius 2 is 2.17 bits per heavy atom. The highest BCUT2D eigenvalue weighted by Gasteiger charge is 2.12. The van der Waals surface area contributed by atoms with Crippen LogP contribution in [0.5, 0.6) is 0 Å². The quantitative estimate of drug-likeness (QED) is 0.939. The fourth-order valence-corrected chi connectivity index (χ4v) is 2.32. The van der Waals surface area contributed by atoms with Gasteiger partial charge in [0.15, 0.2) is 0 Å². The summed E-state index contributed by atoms with van der Waals surface area (Å²) in [6, 6.07) is 8.21. The zero-order chi connectivity index (χ0) is 13.1. The summed E-state index contributed by atoms with van der Waals surface area (Å²) in [5.41, 5.74) is 7.00. The van der Waals surface area contributed by atoms with E-state index in [1.165, 1.54) is 12.1 Å². The standard InChI is InChI=1S/C13H13BrFN3/c1-2-18(11-5-3-4-9(15)6-11)13-12(14)7-10(16)8-17-13/h3-8H,2,16H2,1H3. The van der Waals surface area contributed by atoms with Gasteiger partial charge < -0.3 is 10.6 Å². The van der Waals surface area contributed by atoms with Crippen molar-refractivity contribution in [2.24, 2.45) is 0 Å². The second-order valence-corrected chi connectivity index (χ2v) is 4.65. The number of anilines is 3. The Labute approximate surface area is 114 Å². The van der Waals surface area contributed by atoms with Crippen LogP contribution in [0.25, 0.3) is 0 Å². The first-order valence-electron chi connectivity index (χ1n) is 5.56. The number of benzene rings is 1. The molecule has 0 aliphatic heterocycles. The lowest BCUT2D eigenvalue weighted by Crippen LogP contribution is -2.18. The van der Waals surface area contributed by atoms with Crippen molar-refractivity contribution in [3.05, 3.63) is 46.8 Å². The Bertz CT molecular complexity index is 560. The molecule has 0 radical (unpaired) electrons. The molecule has 0 aliphatic carbocycles. The Hall–Kier alpha value is -1.62. The predicted molar refractivity (Wildman–Crippen MR) is 75.4 cm³/mol. The lowest BCUT2D eigenvalue weighted by molar-refractivity contribution is 0.627. The number of nitrogens with two attached hydrogens (primary N) is 1. The molecule has 1 heterocycles. The average molecular weight is 310 g/mol. The summed E-state index contributed by atoms with van der Waals surface area (Å²) in [7, 11) is 0. The third-order valence-corrected chi connectivity index (χ3v) is 3.12. The lowest BCUT2D eigenvalue weighted by Gasteiger charge is -2.23. The van der Waals surface area contributed by atoms with Crippen LogP contribution in [0.4, 0.5) is 21.6 Å². The third-order valence-electron chi connectivity index (χ3n) is 2.53. The lowest BCUT2D eigenvalue weighted by atomic mass is 10.2. The Balaban J connectivity index is 2.45. The molecule has 0 atom stereocenters. The zero-order valence-electron chi connectivity index (χ0n) is 9.90. The summed E-state index contributed by atoms with van der Waals surface area (Å²) in [4.78, 5) is 6.20. The minimum atomic E-state index is -0.266. The van der Waals surface area contributed by atoms with Gasteiger partial charge in [-0.3, -0.25) is 0 Å². The molecule has 0 amide bonds. The molecule has 94 valence electrons. The number of hydrogen-bond acceptors (Lipinski definition) is 3. The highest BCUT2D eigenvalue weighted by atomic mass is 79.9. The fraction of sp³-hybridized carbons (Fsp3) is 0.154. The van der Waals surface area contributed by atoms with E-state index in [-0.39, 0.29) is 5.82 Å². The minimum Gasteiger partial charge on any atom is -0.397 e. The normalized spacial score (nSPS) is 10.4. The van der Waals surface area contributed by atoms with E-state index < -0.39 is 0 Å². The molecule has 0 saturated heterocycles. The van der Waals surface area contributed by atoms with Gasteiger partial charge in [-0.25, -0.2) is 9.37 Å². The van der Waals surface area contributed by atoms with Gasteiger partial charge in [0.25, 0.3) is 0 Å². The second-order valence-electron chi connectivity index (χ2n) is 3.80. The third kappa shape index (κ3) is 2.61. The summed E-state index contributed by atoms with van der Waals surface area (Å²) in [5.74, 6) is 0.454. The monoisotopic (exact) mass is 309 g/mol. The van der Waals surface area contributed by atoms with Gasteiger partial charge in [0.2, 0.25) is 0 Å². The van der Waals surface area contributed by atoms with Crippen molar-refractivity contribution in [1.29, 1.82) is 0 Å². The van der Waals surface area contributed by atoms with Gasteiger partial charge >= 0.3 is 0 Å². The second kappa shape index (κ2) is 5.35. The molecule has 0 bridgehead atoms. The largest absolute Gasteiger partial charge is 0.397 e. The number of nitrogen functional groups attached to an aromatic ring is 1. The number of aromatic nitrogens is 1. The number of pyridine rings is 1. The number of rotatable bonds is 3. The van der Waals surface area contributed by atoms with E-state index in [4.69, 9.17) is 5.73 Å². The Morgan fingerprint density at radius 3 is 2.78 bits per heavy atom. The predicted octanol–water partition coefficient (Wildman–Crippen LogP) is 3.72. The van der Waals surface area contributed by atoms with Gasteiger partial charge in [0.05, 0.1) is 16.4 Å². The van der Waals surface area contributed by atoms with Crippen LogP contribution in [0.2, 0.25) is 0 Å². The molecule has 1 aromatic heterocycles. The molecular weight excluding hydrogens is 297 g/mol. The van der Waals surface area contributed by atoms with Crippen molar-refractivity contribution < 1.29 is 4.39 Å². The van der Waals surface area contributed by atoms with Crippen molar-refractivity contribution >= 4 is 33.1 Å². The van der Waals surface area contributed by atoms with E-state index in [1.807, 2.05) is 17.9 Å². The number of hydrogen-bond donors (Lipinski definition) is 1. The van der Waals surface area contributed by atoms with E-state index in [2.05, 4.69) is 20.9 Å². The maximum Gasteiger partial charge on any atom is 0.147 e. The van der Waals surface area contributed by atoms with Gasteiger partial charge in [-0.2, -0.15) is 0 Å². The SMILES string of the molecule is CCN(c1cccc(F)c1)c1ncc(N)cc1Br. The van der Waals surface area contributed by atoms with Crippen LogP contribution in [0.3, 0.4) is 0 Å². The number of halogens is 2.